The Morgan fingerprint density at radius 3 is 2.45 bits per heavy atom. The van der Waals surface area contributed by atoms with E-state index in [1.54, 1.807) is 16.9 Å². The fourth-order valence-electron chi connectivity index (χ4n) is 1.97. The monoisotopic (exact) mass is 286 g/mol. The number of hydrogen-bond acceptors (Lipinski definition) is 3. The minimum absolute atomic E-state index is 0.0339. The zero-order valence-corrected chi connectivity index (χ0v) is 12.4. The summed E-state index contributed by atoms with van der Waals surface area (Å²) >= 11 is 6.32. The Kier molecular flexibility index (Phi) is 2.98. The van der Waals surface area contributed by atoms with Crippen LogP contribution in [0.5, 0.6) is 0 Å². The van der Waals surface area contributed by atoms with Crippen molar-refractivity contribution in [2.45, 2.75) is 26.2 Å². The van der Waals surface area contributed by atoms with Crippen LogP contribution in [0, 0.1) is 0 Å². The maximum Gasteiger partial charge on any atom is 0.157 e. The van der Waals surface area contributed by atoms with E-state index < -0.39 is 0 Å². The van der Waals surface area contributed by atoms with E-state index >= 15 is 0 Å². The van der Waals surface area contributed by atoms with E-state index in [2.05, 4.69) is 35.8 Å². The lowest BCUT2D eigenvalue weighted by molar-refractivity contribution is 0.562. The summed E-state index contributed by atoms with van der Waals surface area (Å²) in [6.07, 6.45) is 3.48. The van der Waals surface area contributed by atoms with E-state index in [4.69, 9.17) is 11.6 Å². The second kappa shape index (κ2) is 4.56. The second-order valence-corrected chi connectivity index (χ2v) is 6.14. The van der Waals surface area contributed by atoms with Crippen LogP contribution in [0.3, 0.4) is 0 Å². The lowest BCUT2D eigenvalue weighted by atomic mass is 9.93. The van der Waals surface area contributed by atoms with Gasteiger partial charge in [0.05, 0.1) is 11.4 Å². The van der Waals surface area contributed by atoms with Gasteiger partial charge in [-0.1, -0.05) is 32.4 Å². The van der Waals surface area contributed by atoms with Crippen LogP contribution in [0.4, 0.5) is 0 Å². The summed E-state index contributed by atoms with van der Waals surface area (Å²) in [5.74, 6) is 0. The van der Waals surface area contributed by atoms with Gasteiger partial charge in [0.25, 0.3) is 0 Å². The standard InChI is InChI=1S/C15H15ClN4/c1-15(2,3)12-9-14-18-11(8-13(16)20(14)19-12)10-4-6-17-7-5-10/h4-9H,1-3H3. The molecule has 0 saturated heterocycles. The van der Waals surface area contributed by atoms with Crippen molar-refractivity contribution in [3.05, 3.63) is 47.5 Å². The number of fused-ring (bicyclic) bond motifs is 1. The SMILES string of the molecule is CC(C)(C)c1cc2nc(-c3ccncc3)cc(Cl)n2n1. The van der Waals surface area contributed by atoms with Crippen LogP contribution >= 0.6 is 11.6 Å². The third-order valence-electron chi connectivity index (χ3n) is 3.13. The molecule has 3 rings (SSSR count). The van der Waals surface area contributed by atoms with E-state index in [1.165, 1.54) is 0 Å². The Morgan fingerprint density at radius 1 is 1.10 bits per heavy atom. The molecule has 0 aliphatic heterocycles. The van der Waals surface area contributed by atoms with Crippen molar-refractivity contribution in [3.63, 3.8) is 0 Å². The number of nitrogens with zero attached hydrogens (tertiary/aromatic N) is 4. The summed E-state index contributed by atoms with van der Waals surface area (Å²) in [5, 5.41) is 5.08. The first-order valence-corrected chi connectivity index (χ1v) is 6.80. The quantitative estimate of drug-likeness (QED) is 0.640. The second-order valence-electron chi connectivity index (χ2n) is 5.75. The van der Waals surface area contributed by atoms with Gasteiger partial charge < -0.3 is 0 Å². The van der Waals surface area contributed by atoms with Gasteiger partial charge >= 0.3 is 0 Å². The molecule has 0 radical (unpaired) electrons. The average molecular weight is 287 g/mol. The van der Waals surface area contributed by atoms with Crippen molar-refractivity contribution in [2.75, 3.05) is 0 Å². The summed E-state index contributed by atoms with van der Waals surface area (Å²) < 4.78 is 1.67. The third kappa shape index (κ3) is 2.27. The van der Waals surface area contributed by atoms with Crippen molar-refractivity contribution in [3.8, 4) is 11.3 Å². The summed E-state index contributed by atoms with van der Waals surface area (Å²) in [6, 6.07) is 7.63. The first kappa shape index (κ1) is 13.1. The summed E-state index contributed by atoms with van der Waals surface area (Å²) in [4.78, 5) is 8.64. The molecule has 0 bridgehead atoms. The number of rotatable bonds is 1. The van der Waals surface area contributed by atoms with Gasteiger partial charge in [0.15, 0.2) is 5.65 Å². The van der Waals surface area contributed by atoms with Crippen LogP contribution in [0.1, 0.15) is 26.5 Å². The van der Waals surface area contributed by atoms with Crippen LogP contribution in [0.25, 0.3) is 16.9 Å². The minimum Gasteiger partial charge on any atom is -0.265 e. The fraction of sp³-hybridized carbons (Fsp3) is 0.267. The van der Waals surface area contributed by atoms with Gasteiger partial charge in [-0.15, -0.1) is 0 Å². The molecule has 4 nitrogen and oxygen atoms in total. The largest absolute Gasteiger partial charge is 0.265 e. The van der Waals surface area contributed by atoms with Crippen molar-refractivity contribution < 1.29 is 0 Å². The average Bonchev–Trinajstić information content (AvgIpc) is 2.84. The van der Waals surface area contributed by atoms with Crippen LogP contribution in [0.15, 0.2) is 36.7 Å². The highest BCUT2D eigenvalue weighted by Gasteiger charge is 2.19. The molecule has 0 saturated carbocycles. The third-order valence-corrected chi connectivity index (χ3v) is 3.40. The van der Waals surface area contributed by atoms with Crippen LogP contribution in [-0.2, 0) is 5.41 Å². The molecule has 0 amide bonds. The summed E-state index contributed by atoms with van der Waals surface area (Å²) in [7, 11) is 0. The number of pyridine rings is 1. The van der Waals surface area contributed by atoms with Gasteiger partial charge in [-0.25, -0.2) is 9.50 Å². The zero-order chi connectivity index (χ0) is 14.3. The lowest BCUT2D eigenvalue weighted by Gasteiger charge is -2.13. The minimum atomic E-state index is -0.0339. The normalized spacial score (nSPS) is 12.0. The Balaban J connectivity index is 2.19. The fourth-order valence-corrected chi connectivity index (χ4v) is 2.20. The Labute approximate surface area is 122 Å². The highest BCUT2D eigenvalue weighted by molar-refractivity contribution is 6.30. The van der Waals surface area contributed by atoms with E-state index in [1.807, 2.05) is 24.3 Å². The molecule has 0 unspecified atom stereocenters. The molecule has 3 heterocycles. The molecule has 20 heavy (non-hydrogen) atoms. The smallest absolute Gasteiger partial charge is 0.157 e. The van der Waals surface area contributed by atoms with Crippen molar-refractivity contribution in [2.24, 2.45) is 0 Å². The van der Waals surface area contributed by atoms with Gasteiger partial charge in [-0.2, -0.15) is 5.10 Å². The van der Waals surface area contributed by atoms with E-state index in [0.29, 0.717) is 5.15 Å². The Hall–Kier alpha value is -1.94. The predicted molar refractivity (Wildman–Crippen MR) is 79.9 cm³/mol. The van der Waals surface area contributed by atoms with Gasteiger partial charge in [0.1, 0.15) is 5.15 Å². The maximum atomic E-state index is 6.32. The molecular weight excluding hydrogens is 272 g/mol. The molecular formula is C15H15ClN4. The van der Waals surface area contributed by atoms with Gasteiger partial charge in [0.2, 0.25) is 0 Å². The molecule has 102 valence electrons. The molecule has 0 aromatic carbocycles. The van der Waals surface area contributed by atoms with Gasteiger partial charge in [-0.05, 0) is 12.1 Å². The Bertz CT molecular complexity index is 757. The van der Waals surface area contributed by atoms with Crippen molar-refractivity contribution in [1.82, 2.24) is 19.6 Å². The molecule has 5 heteroatoms. The lowest BCUT2D eigenvalue weighted by Crippen LogP contribution is -2.11. The summed E-state index contributed by atoms with van der Waals surface area (Å²) in [6.45, 7) is 6.35. The molecule has 0 spiro atoms. The predicted octanol–water partition coefficient (Wildman–Crippen LogP) is 3.74. The van der Waals surface area contributed by atoms with E-state index in [9.17, 15) is 0 Å². The first-order valence-electron chi connectivity index (χ1n) is 6.42. The number of aromatic nitrogens is 4. The highest BCUT2D eigenvalue weighted by Crippen LogP contribution is 2.26. The highest BCUT2D eigenvalue weighted by atomic mass is 35.5. The van der Waals surface area contributed by atoms with Crippen LogP contribution in [-0.4, -0.2) is 19.6 Å². The Morgan fingerprint density at radius 2 is 1.80 bits per heavy atom. The molecule has 0 aliphatic carbocycles. The molecule has 0 N–H and O–H groups in total. The van der Waals surface area contributed by atoms with Crippen molar-refractivity contribution >= 4 is 17.2 Å². The van der Waals surface area contributed by atoms with Gasteiger partial charge in [-0.3, -0.25) is 4.98 Å². The molecule has 0 atom stereocenters. The van der Waals surface area contributed by atoms with Crippen LogP contribution in [0.2, 0.25) is 5.15 Å². The maximum absolute atomic E-state index is 6.32. The molecule has 0 aliphatic rings. The summed E-state index contributed by atoms with van der Waals surface area (Å²) in [5.41, 5.74) is 3.51. The van der Waals surface area contributed by atoms with Gasteiger partial charge in [0, 0.05) is 35.5 Å². The number of hydrogen-bond donors (Lipinski definition) is 0. The molecule has 3 aromatic heterocycles. The first-order chi connectivity index (χ1) is 9.45. The van der Waals surface area contributed by atoms with Crippen molar-refractivity contribution in [1.29, 1.82) is 0 Å². The molecule has 3 aromatic rings. The van der Waals surface area contributed by atoms with Crippen LogP contribution < -0.4 is 0 Å². The topological polar surface area (TPSA) is 43.1 Å². The zero-order valence-electron chi connectivity index (χ0n) is 11.6. The number of halogens is 1. The molecule has 0 fully saturated rings. The van der Waals surface area contributed by atoms with E-state index in [-0.39, 0.29) is 5.41 Å². The van der Waals surface area contributed by atoms with E-state index in [0.717, 1.165) is 22.6 Å².